The number of hydrogen-bond acceptors (Lipinski definition) is 7. The highest BCUT2D eigenvalue weighted by Crippen LogP contribution is 2.30. The van der Waals surface area contributed by atoms with Crippen molar-refractivity contribution in [1.82, 2.24) is 15.3 Å². The molecule has 0 spiro atoms. The predicted octanol–water partition coefficient (Wildman–Crippen LogP) is 0.781. The molecule has 0 aliphatic carbocycles. The van der Waals surface area contributed by atoms with Gasteiger partial charge in [0.15, 0.2) is 0 Å². The van der Waals surface area contributed by atoms with Gasteiger partial charge in [0.2, 0.25) is 11.9 Å². The second-order valence-electron chi connectivity index (χ2n) is 4.68. The minimum atomic E-state index is -0.0909. The number of aryl methyl sites for hydroxylation is 1. The Morgan fingerprint density at radius 3 is 3.00 bits per heavy atom. The summed E-state index contributed by atoms with van der Waals surface area (Å²) >= 11 is 1.56. The van der Waals surface area contributed by atoms with E-state index in [4.69, 9.17) is 10.5 Å². The van der Waals surface area contributed by atoms with Gasteiger partial charge in [-0.3, -0.25) is 4.79 Å². The molecule has 2 rings (SSSR count). The molecule has 0 unspecified atom stereocenters. The minimum absolute atomic E-state index is 0.0909. The van der Waals surface area contributed by atoms with Crippen molar-refractivity contribution in [2.75, 3.05) is 44.5 Å². The molecule has 3 N–H and O–H groups in total. The number of amides is 1. The lowest BCUT2D eigenvalue weighted by Gasteiger charge is -2.18. The lowest BCUT2D eigenvalue weighted by atomic mass is 10.3. The molecule has 0 aliphatic heterocycles. The fraction of sp³-hybridized carbons (Fsp3) is 0.462. The number of rotatable bonds is 6. The first-order valence-corrected chi connectivity index (χ1v) is 7.33. The third-order valence-corrected chi connectivity index (χ3v) is 3.83. The Balaban J connectivity index is 2.15. The molecule has 2 heterocycles. The molecule has 21 heavy (non-hydrogen) atoms. The highest BCUT2D eigenvalue weighted by molar-refractivity contribution is 7.18. The fourth-order valence-electron chi connectivity index (χ4n) is 1.97. The van der Waals surface area contributed by atoms with Gasteiger partial charge in [0.25, 0.3) is 0 Å². The molecular formula is C13H19N5O2S. The second kappa shape index (κ2) is 6.68. The first kappa shape index (κ1) is 15.5. The molecule has 7 nitrogen and oxygen atoms in total. The van der Waals surface area contributed by atoms with Crippen molar-refractivity contribution < 1.29 is 9.53 Å². The van der Waals surface area contributed by atoms with Crippen LogP contribution in [0.3, 0.4) is 0 Å². The summed E-state index contributed by atoms with van der Waals surface area (Å²) in [6.07, 6.45) is 0. The van der Waals surface area contributed by atoms with Crippen LogP contribution in [0.1, 0.15) is 4.88 Å². The normalized spacial score (nSPS) is 10.8. The lowest BCUT2D eigenvalue weighted by molar-refractivity contribution is -0.119. The summed E-state index contributed by atoms with van der Waals surface area (Å²) in [5, 5.41) is 3.69. The molecule has 0 bridgehead atoms. The number of nitrogens with one attached hydrogen (secondary N) is 1. The molecule has 2 aromatic heterocycles. The number of nitrogen functional groups attached to an aromatic ring is 1. The van der Waals surface area contributed by atoms with Gasteiger partial charge in [-0.15, -0.1) is 11.3 Å². The Labute approximate surface area is 127 Å². The molecule has 1 amide bonds. The van der Waals surface area contributed by atoms with E-state index in [1.807, 2.05) is 20.0 Å². The van der Waals surface area contributed by atoms with Gasteiger partial charge in [-0.1, -0.05) is 0 Å². The number of thiophene rings is 1. The zero-order valence-corrected chi connectivity index (χ0v) is 13.2. The average Bonchev–Trinajstić information content (AvgIpc) is 2.77. The number of fused-ring (bicyclic) bond motifs is 1. The van der Waals surface area contributed by atoms with Crippen LogP contribution in [0, 0.1) is 6.92 Å². The van der Waals surface area contributed by atoms with Crippen molar-refractivity contribution in [1.29, 1.82) is 0 Å². The van der Waals surface area contributed by atoms with E-state index in [1.165, 1.54) is 0 Å². The standard InChI is InChI=1S/C13H19N5O2S/c1-8-6-9-11(16-13(14)17-12(9)21-8)18(2)7-10(19)15-4-5-20-3/h6H,4-5,7H2,1-3H3,(H,15,19)(H2,14,16,17). The molecule has 0 saturated heterocycles. The molecule has 2 aromatic rings. The van der Waals surface area contributed by atoms with Crippen molar-refractivity contribution in [3.63, 3.8) is 0 Å². The van der Waals surface area contributed by atoms with Crippen molar-refractivity contribution in [3.05, 3.63) is 10.9 Å². The van der Waals surface area contributed by atoms with Gasteiger partial charge in [-0.25, -0.2) is 4.98 Å². The van der Waals surface area contributed by atoms with Crippen LogP contribution in [0.15, 0.2) is 6.07 Å². The van der Waals surface area contributed by atoms with Crippen molar-refractivity contribution in [2.24, 2.45) is 0 Å². The fourth-order valence-corrected chi connectivity index (χ4v) is 2.85. The van der Waals surface area contributed by atoms with Gasteiger partial charge in [-0.2, -0.15) is 4.98 Å². The largest absolute Gasteiger partial charge is 0.383 e. The number of hydrogen-bond donors (Lipinski definition) is 2. The average molecular weight is 309 g/mol. The molecule has 0 radical (unpaired) electrons. The maximum Gasteiger partial charge on any atom is 0.239 e. The smallest absolute Gasteiger partial charge is 0.239 e. The van der Waals surface area contributed by atoms with Crippen molar-refractivity contribution >= 4 is 39.2 Å². The number of nitrogens with two attached hydrogens (primary N) is 1. The Morgan fingerprint density at radius 1 is 1.52 bits per heavy atom. The second-order valence-corrected chi connectivity index (χ2v) is 5.91. The number of aromatic nitrogens is 2. The monoisotopic (exact) mass is 309 g/mol. The minimum Gasteiger partial charge on any atom is -0.383 e. The van der Waals surface area contributed by atoms with E-state index < -0.39 is 0 Å². The number of anilines is 2. The van der Waals surface area contributed by atoms with Crippen LogP contribution in [0.5, 0.6) is 0 Å². The zero-order chi connectivity index (χ0) is 15.4. The quantitative estimate of drug-likeness (QED) is 0.766. The van der Waals surface area contributed by atoms with Gasteiger partial charge in [-0.05, 0) is 13.0 Å². The van der Waals surface area contributed by atoms with E-state index >= 15 is 0 Å². The zero-order valence-electron chi connectivity index (χ0n) is 12.3. The number of carbonyl (C=O) groups is 1. The summed E-state index contributed by atoms with van der Waals surface area (Å²) < 4.78 is 4.89. The van der Waals surface area contributed by atoms with Crippen LogP contribution in [0.2, 0.25) is 0 Å². The molecule has 0 aliphatic rings. The third-order valence-electron chi connectivity index (χ3n) is 2.88. The summed E-state index contributed by atoms with van der Waals surface area (Å²) in [5.74, 6) is 0.793. The molecule has 0 saturated carbocycles. The van der Waals surface area contributed by atoms with E-state index in [0.29, 0.717) is 19.0 Å². The first-order valence-electron chi connectivity index (χ1n) is 6.51. The highest BCUT2D eigenvalue weighted by atomic mass is 32.1. The highest BCUT2D eigenvalue weighted by Gasteiger charge is 2.15. The number of nitrogens with zero attached hydrogens (tertiary/aromatic N) is 3. The number of methoxy groups -OCH3 is 1. The Bertz CT molecular complexity index is 643. The van der Waals surface area contributed by atoms with E-state index in [2.05, 4.69) is 15.3 Å². The van der Waals surface area contributed by atoms with Crippen LogP contribution in [-0.4, -0.2) is 49.7 Å². The molecular weight excluding hydrogens is 290 g/mol. The summed E-state index contributed by atoms with van der Waals surface area (Å²) in [7, 11) is 3.40. The summed E-state index contributed by atoms with van der Waals surface area (Å²) in [5.41, 5.74) is 5.74. The predicted molar refractivity (Wildman–Crippen MR) is 84.7 cm³/mol. The molecule has 0 aromatic carbocycles. The van der Waals surface area contributed by atoms with E-state index in [0.717, 1.165) is 15.1 Å². The van der Waals surface area contributed by atoms with Gasteiger partial charge in [0, 0.05) is 25.6 Å². The van der Waals surface area contributed by atoms with Crippen LogP contribution in [0.25, 0.3) is 10.2 Å². The van der Waals surface area contributed by atoms with E-state index in [9.17, 15) is 4.79 Å². The Hall–Kier alpha value is -1.93. The van der Waals surface area contributed by atoms with Crippen LogP contribution in [0.4, 0.5) is 11.8 Å². The molecule has 114 valence electrons. The third kappa shape index (κ3) is 3.79. The van der Waals surface area contributed by atoms with Gasteiger partial charge < -0.3 is 20.7 Å². The summed E-state index contributed by atoms with van der Waals surface area (Å²) in [4.78, 5) is 24.1. The van der Waals surface area contributed by atoms with Gasteiger partial charge in [0.1, 0.15) is 10.6 Å². The van der Waals surface area contributed by atoms with Crippen molar-refractivity contribution in [3.8, 4) is 0 Å². The Morgan fingerprint density at radius 2 is 2.29 bits per heavy atom. The maximum atomic E-state index is 11.8. The van der Waals surface area contributed by atoms with E-state index in [-0.39, 0.29) is 18.4 Å². The SMILES string of the molecule is COCCNC(=O)CN(C)c1nc(N)nc2sc(C)cc12. The van der Waals surface area contributed by atoms with Crippen molar-refractivity contribution in [2.45, 2.75) is 6.92 Å². The van der Waals surface area contributed by atoms with Gasteiger partial charge >= 0.3 is 0 Å². The number of carbonyl (C=O) groups excluding carboxylic acids is 1. The van der Waals surface area contributed by atoms with Gasteiger partial charge in [0.05, 0.1) is 18.5 Å². The Kier molecular flexibility index (Phi) is 4.92. The van der Waals surface area contributed by atoms with Crippen LogP contribution in [-0.2, 0) is 9.53 Å². The maximum absolute atomic E-state index is 11.8. The topological polar surface area (TPSA) is 93.4 Å². The van der Waals surface area contributed by atoms with E-state index in [1.54, 1.807) is 23.3 Å². The molecule has 8 heteroatoms. The summed E-state index contributed by atoms with van der Waals surface area (Å²) in [6, 6.07) is 2.01. The lowest BCUT2D eigenvalue weighted by Crippen LogP contribution is -2.37. The van der Waals surface area contributed by atoms with Crippen LogP contribution < -0.4 is 16.0 Å². The molecule has 0 atom stereocenters. The molecule has 0 fully saturated rings. The summed E-state index contributed by atoms with van der Waals surface area (Å²) in [6.45, 7) is 3.18. The first-order chi connectivity index (χ1) is 10.0. The number of likely N-dealkylation sites (N-methyl/N-ethyl adjacent to an activating group) is 1. The number of ether oxygens (including phenoxy) is 1. The van der Waals surface area contributed by atoms with Crippen LogP contribution >= 0.6 is 11.3 Å².